The molecule has 1 aromatic rings. The number of piperazine rings is 1. The Morgan fingerprint density at radius 2 is 1.94 bits per heavy atom. The van der Waals surface area contributed by atoms with Crippen LogP contribution in [0.4, 0.5) is 0 Å². The number of benzene rings is 1. The van der Waals surface area contributed by atoms with Crippen molar-refractivity contribution in [2.24, 2.45) is 0 Å². The van der Waals surface area contributed by atoms with Crippen molar-refractivity contribution in [3.8, 4) is 0 Å². The van der Waals surface area contributed by atoms with E-state index in [1.165, 1.54) is 0 Å². The Morgan fingerprint density at radius 1 is 1.28 bits per heavy atom. The van der Waals surface area contributed by atoms with Gasteiger partial charge in [0.2, 0.25) is 11.8 Å². The molecule has 1 atom stereocenters. The van der Waals surface area contributed by atoms with Gasteiger partial charge in [-0.2, -0.15) is 0 Å². The van der Waals surface area contributed by atoms with Crippen molar-refractivity contribution in [2.45, 2.75) is 37.9 Å². The van der Waals surface area contributed by atoms with Gasteiger partial charge >= 0.3 is 0 Å². The average molecular weight is 244 g/mol. The molecule has 94 valence electrons. The van der Waals surface area contributed by atoms with Crippen LogP contribution in [0.5, 0.6) is 0 Å². The summed E-state index contributed by atoms with van der Waals surface area (Å²) in [6.45, 7) is 2.29. The van der Waals surface area contributed by atoms with Crippen LogP contribution in [0.25, 0.3) is 0 Å². The van der Waals surface area contributed by atoms with Crippen molar-refractivity contribution in [3.05, 3.63) is 35.9 Å². The van der Waals surface area contributed by atoms with Crippen molar-refractivity contribution in [1.82, 2.24) is 10.2 Å². The third kappa shape index (κ3) is 1.68. The summed E-state index contributed by atoms with van der Waals surface area (Å²) in [5.41, 5.74) is 0.487. The van der Waals surface area contributed by atoms with Gasteiger partial charge in [0.15, 0.2) is 0 Å². The van der Waals surface area contributed by atoms with E-state index in [9.17, 15) is 9.59 Å². The van der Waals surface area contributed by atoms with E-state index in [0.29, 0.717) is 6.54 Å². The zero-order valence-electron chi connectivity index (χ0n) is 10.3. The SMILES string of the molecule is C[C@@H]1C(=O)NC2(CC2)C(=O)N1Cc1ccccc1. The maximum atomic E-state index is 12.4. The summed E-state index contributed by atoms with van der Waals surface area (Å²) < 4.78 is 0. The molecule has 2 fully saturated rings. The van der Waals surface area contributed by atoms with Crippen molar-refractivity contribution >= 4 is 11.8 Å². The van der Waals surface area contributed by atoms with Crippen LogP contribution >= 0.6 is 0 Å². The lowest BCUT2D eigenvalue weighted by molar-refractivity contribution is -0.150. The molecule has 1 saturated heterocycles. The highest BCUT2D eigenvalue weighted by Crippen LogP contribution is 2.40. The Kier molecular flexibility index (Phi) is 2.40. The third-order valence-electron chi connectivity index (χ3n) is 3.83. The van der Waals surface area contributed by atoms with Gasteiger partial charge in [0, 0.05) is 6.54 Å². The smallest absolute Gasteiger partial charge is 0.249 e. The minimum absolute atomic E-state index is 0.0389. The van der Waals surface area contributed by atoms with E-state index < -0.39 is 5.54 Å². The first kappa shape index (κ1) is 11.3. The maximum Gasteiger partial charge on any atom is 0.249 e. The highest BCUT2D eigenvalue weighted by molar-refractivity contribution is 6.01. The van der Waals surface area contributed by atoms with Crippen LogP contribution in [0.2, 0.25) is 0 Å². The number of hydrogen-bond acceptors (Lipinski definition) is 2. The van der Waals surface area contributed by atoms with E-state index in [1.807, 2.05) is 30.3 Å². The molecule has 1 saturated carbocycles. The zero-order chi connectivity index (χ0) is 12.8. The number of carbonyl (C=O) groups excluding carboxylic acids is 2. The first-order valence-electron chi connectivity index (χ1n) is 6.29. The van der Waals surface area contributed by atoms with Crippen LogP contribution in [-0.4, -0.2) is 28.3 Å². The van der Waals surface area contributed by atoms with Crippen LogP contribution in [0.1, 0.15) is 25.3 Å². The molecule has 4 nitrogen and oxygen atoms in total. The molecule has 0 aromatic heterocycles. The van der Waals surface area contributed by atoms with E-state index in [4.69, 9.17) is 0 Å². The number of hydrogen-bond donors (Lipinski definition) is 1. The summed E-state index contributed by atoms with van der Waals surface area (Å²) in [7, 11) is 0. The third-order valence-corrected chi connectivity index (χ3v) is 3.83. The fourth-order valence-electron chi connectivity index (χ4n) is 2.44. The van der Waals surface area contributed by atoms with Gasteiger partial charge < -0.3 is 10.2 Å². The quantitative estimate of drug-likeness (QED) is 0.846. The Bertz CT molecular complexity index is 494. The standard InChI is InChI=1S/C14H16N2O2/c1-10-12(17)15-14(7-8-14)13(18)16(10)9-11-5-3-2-4-6-11/h2-6,10H,7-9H2,1H3,(H,15,17)/t10-/m1/s1. The van der Waals surface area contributed by atoms with Crippen LogP contribution < -0.4 is 5.32 Å². The molecule has 1 aromatic carbocycles. The lowest BCUT2D eigenvalue weighted by atomic mass is 10.1. The molecule has 0 radical (unpaired) electrons. The second-order valence-electron chi connectivity index (χ2n) is 5.17. The normalized spacial score (nSPS) is 25.2. The largest absolute Gasteiger partial charge is 0.340 e. The van der Waals surface area contributed by atoms with E-state index >= 15 is 0 Å². The highest BCUT2D eigenvalue weighted by atomic mass is 16.2. The molecule has 2 amide bonds. The molecule has 3 rings (SSSR count). The Balaban J connectivity index is 1.85. The summed E-state index contributed by atoms with van der Waals surface area (Å²) in [5, 5.41) is 2.85. The first-order chi connectivity index (χ1) is 8.62. The van der Waals surface area contributed by atoms with Gasteiger partial charge in [0.05, 0.1) is 0 Å². The molecule has 2 aliphatic rings. The number of amides is 2. The van der Waals surface area contributed by atoms with E-state index in [-0.39, 0.29) is 17.9 Å². The van der Waals surface area contributed by atoms with Crippen molar-refractivity contribution in [3.63, 3.8) is 0 Å². The monoisotopic (exact) mass is 244 g/mol. The summed E-state index contributed by atoms with van der Waals surface area (Å²) in [6.07, 6.45) is 1.55. The molecule has 1 aliphatic heterocycles. The molecule has 4 heteroatoms. The molecule has 18 heavy (non-hydrogen) atoms. The summed E-state index contributed by atoms with van der Waals surface area (Å²) in [4.78, 5) is 26.0. The molecule has 0 bridgehead atoms. The Morgan fingerprint density at radius 3 is 2.56 bits per heavy atom. The fraction of sp³-hybridized carbons (Fsp3) is 0.429. The minimum atomic E-state index is -0.571. The molecule has 1 aliphatic carbocycles. The lowest BCUT2D eigenvalue weighted by Gasteiger charge is -2.37. The number of nitrogens with one attached hydrogen (secondary N) is 1. The summed E-state index contributed by atoms with van der Waals surface area (Å²) in [6, 6.07) is 9.41. The van der Waals surface area contributed by atoms with E-state index in [1.54, 1.807) is 11.8 Å². The van der Waals surface area contributed by atoms with Gasteiger partial charge in [-0.15, -0.1) is 0 Å². The summed E-state index contributed by atoms with van der Waals surface area (Å²) in [5.74, 6) is 0.0292. The van der Waals surface area contributed by atoms with Gasteiger partial charge in [-0.05, 0) is 25.3 Å². The van der Waals surface area contributed by atoms with E-state index in [2.05, 4.69) is 5.32 Å². The van der Waals surface area contributed by atoms with E-state index in [0.717, 1.165) is 18.4 Å². The molecule has 1 N–H and O–H groups in total. The predicted octanol–water partition coefficient (Wildman–Crippen LogP) is 1.07. The molecule has 1 spiro atoms. The first-order valence-corrected chi connectivity index (χ1v) is 6.29. The molecular weight excluding hydrogens is 228 g/mol. The van der Waals surface area contributed by atoms with Crippen molar-refractivity contribution in [1.29, 1.82) is 0 Å². The molecular formula is C14H16N2O2. The van der Waals surface area contributed by atoms with Crippen LogP contribution in [0, 0.1) is 0 Å². The zero-order valence-corrected chi connectivity index (χ0v) is 10.3. The minimum Gasteiger partial charge on any atom is -0.340 e. The van der Waals surface area contributed by atoms with Gasteiger partial charge in [-0.3, -0.25) is 9.59 Å². The Labute approximate surface area is 106 Å². The van der Waals surface area contributed by atoms with Crippen LogP contribution in [-0.2, 0) is 16.1 Å². The lowest BCUT2D eigenvalue weighted by Crippen LogP contribution is -2.63. The van der Waals surface area contributed by atoms with Gasteiger partial charge in [-0.1, -0.05) is 30.3 Å². The Hall–Kier alpha value is -1.84. The topological polar surface area (TPSA) is 49.4 Å². The molecule has 0 unspecified atom stereocenters. The second-order valence-corrected chi connectivity index (χ2v) is 5.17. The van der Waals surface area contributed by atoms with Gasteiger partial charge in [0.1, 0.15) is 11.6 Å². The number of carbonyl (C=O) groups is 2. The number of rotatable bonds is 2. The van der Waals surface area contributed by atoms with Crippen molar-refractivity contribution in [2.75, 3.05) is 0 Å². The average Bonchev–Trinajstić information content (AvgIpc) is 3.15. The predicted molar refractivity (Wildman–Crippen MR) is 66.6 cm³/mol. The maximum absolute atomic E-state index is 12.4. The fourth-order valence-corrected chi connectivity index (χ4v) is 2.44. The second kappa shape index (κ2) is 3.83. The molecule has 1 heterocycles. The number of nitrogens with zero attached hydrogens (tertiary/aromatic N) is 1. The van der Waals surface area contributed by atoms with Crippen molar-refractivity contribution < 1.29 is 9.59 Å². The van der Waals surface area contributed by atoms with Gasteiger partial charge in [0.25, 0.3) is 0 Å². The van der Waals surface area contributed by atoms with Crippen LogP contribution in [0.15, 0.2) is 30.3 Å². The highest BCUT2D eigenvalue weighted by Gasteiger charge is 2.57. The summed E-state index contributed by atoms with van der Waals surface area (Å²) >= 11 is 0. The van der Waals surface area contributed by atoms with Crippen LogP contribution in [0.3, 0.4) is 0 Å². The van der Waals surface area contributed by atoms with Gasteiger partial charge in [-0.25, -0.2) is 0 Å².